The number of rotatable bonds is 3. The molecule has 0 amide bonds. The average Bonchev–Trinajstić information content (AvgIpc) is 2.28. The first-order valence-electron chi connectivity index (χ1n) is 3.67. The monoisotopic (exact) mass is 247 g/mol. The first kappa shape index (κ1) is 10.2. The summed E-state index contributed by atoms with van der Waals surface area (Å²) in [6, 6.07) is 1.20. The first-order valence-corrected chi connectivity index (χ1v) is 4.47. The lowest BCUT2D eigenvalue weighted by atomic mass is 10.1. The standard InChI is InChI=1S/C7H10BrN3O2/c1-11-5(3-6(8)10-11)4(9)2-7(12)13/h3-4H,2,9H2,1H3,(H,12,13). The van der Waals surface area contributed by atoms with Gasteiger partial charge in [0, 0.05) is 7.05 Å². The quantitative estimate of drug-likeness (QED) is 0.823. The summed E-state index contributed by atoms with van der Waals surface area (Å²) in [6.07, 6.45) is -0.0913. The van der Waals surface area contributed by atoms with E-state index in [0.29, 0.717) is 10.3 Å². The Morgan fingerprint density at radius 2 is 2.54 bits per heavy atom. The molecule has 0 fully saturated rings. The van der Waals surface area contributed by atoms with Gasteiger partial charge in [-0.2, -0.15) is 5.10 Å². The molecular formula is C7H10BrN3O2. The molecule has 13 heavy (non-hydrogen) atoms. The number of aliphatic carboxylic acids is 1. The highest BCUT2D eigenvalue weighted by molar-refractivity contribution is 9.10. The zero-order valence-electron chi connectivity index (χ0n) is 7.07. The molecule has 0 aliphatic heterocycles. The number of halogens is 1. The minimum atomic E-state index is -0.912. The number of carbonyl (C=O) groups is 1. The third-order valence-electron chi connectivity index (χ3n) is 1.66. The summed E-state index contributed by atoms with van der Waals surface area (Å²) in [4.78, 5) is 10.4. The summed E-state index contributed by atoms with van der Waals surface area (Å²) in [5.74, 6) is -0.912. The number of hydrogen-bond acceptors (Lipinski definition) is 3. The van der Waals surface area contributed by atoms with Crippen LogP contribution >= 0.6 is 15.9 Å². The van der Waals surface area contributed by atoms with Gasteiger partial charge in [-0.25, -0.2) is 0 Å². The van der Waals surface area contributed by atoms with Gasteiger partial charge in [0.05, 0.1) is 18.2 Å². The van der Waals surface area contributed by atoms with Crippen molar-refractivity contribution in [3.8, 4) is 0 Å². The highest BCUT2D eigenvalue weighted by atomic mass is 79.9. The molecule has 3 N–H and O–H groups in total. The highest BCUT2D eigenvalue weighted by Gasteiger charge is 2.14. The molecule has 1 heterocycles. The Hall–Kier alpha value is -0.880. The van der Waals surface area contributed by atoms with Gasteiger partial charge in [0.25, 0.3) is 0 Å². The SMILES string of the molecule is Cn1nc(Br)cc1C(N)CC(=O)O. The number of nitrogens with zero attached hydrogens (tertiary/aromatic N) is 2. The molecule has 5 nitrogen and oxygen atoms in total. The van der Waals surface area contributed by atoms with Gasteiger partial charge in [-0.15, -0.1) is 0 Å². The van der Waals surface area contributed by atoms with Crippen LogP contribution in [0.4, 0.5) is 0 Å². The summed E-state index contributed by atoms with van der Waals surface area (Å²) in [7, 11) is 1.72. The van der Waals surface area contributed by atoms with Crippen molar-refractivity contribution < 1.29 is 9.90 Å². The van der Waals surface area contributed by atoms with Crippen LogP contribution < -0.4 is 5.73 Å². The molecule has 0 aromatic carbocycles. The summed E-state index contributed by atoms with van der Waals surface area (Å²) in [5, 5.41) is 12.5. The van der Waals surface area contributed by atoms with Crippen LogP contribution in [0.5, 0.6) is 0 Å². The summed E-state index contributed by atoms with van der Waals surface area (Å²) in [5.41, 5.74) is 6.35. The summed E-state index contributed by atoms with van der Waals surface area (Å²) in [6.45, 7) is 0. The molecule has 0 aliphatic carbocycles. The van der Waals surface area contributed by atoms with E-state index in [4.69, 9.17) is 10.8 Å². The van der Waals surface area contributed by atoms with Crippen LogP contribution in [0.3, 0.4) is 0 Å². The van der Waals surface area contributed by atoms with Crippen molar-refractivity contribution in [3.05, 3.63) is 16.4 Å². The van der Waals surface area contributed by atoms with Crippen LogP contribution in [-0.4, -0.2) is 20.9 Å². The van der Waals surface area contributed by atoms with E-state index in [9.17, 15) is 4.79 Å². The van der Waals surface area contributed by atoms with Crippen molar-refractivity contribution in [2.24, 2.45) is 12.8 Å². The molecule has 0 saturated carbocycles. The average molecular weight is 248 g/mol. The van der Waals surface area contributed by atoms with Gasteiger partial charge >= 0.3 is 5.97 Å². The maximum absolute atomic E-state index is 10.4. The molecule has 0 bridgehead atoms. The molecule has 72 valence electrons. The molecular weight excluding hydrogens is 238 g/mol. The number of carboxylic acids is 1. The lowest BCUT2D eigenvalue weighted by Gasteiger charge is -2.08. The van der Waals surface area contributed by atoms with Crippen molar-refractivity contribution >= 4 is 21.9 Å². The van der Waals surface area contributed by atoms with Gasteiger partial charge in [-0.05, 0) is 22.0 Å². The van der Waals surface area contributed by atoms with Gasteiger partial charge in [0.1, 0.15) is 4.60 Å². The van der Waals surface area contributed by atoms with Gasteiger partial charge in [0.2, 0.25) is 0 Å². The Bertz CT molecular complexity index is 324. The fraction of sp³-hybridized carbons (Fsp3) is 0.429. The predicted molar refractivity (Wildman–Crippen MR) is 50.1 cm³/mol. The number of carboxylic acid groups (broad SMARTS) is 1. The first-order chi connectivity index (χ1) is 6.00. The molecule has 0 aliphatic rings. The van der Waals surface area contributed by atoms with E-state index in [0.717, 1.165) is 0 Å². The Kier molecular flexibility index (Phi) is 3.05. The van der Waals surface area contributed by atoms with Crippen LogP contribution in [0.15, 0.2) is 10.7 Å². The normalized spacial score (nSPS) is 12.8. The number of hydrogen-bond donors (Lipinski definition) is 2. The smallest absolute Gasteiger partial charge is 0.305 e. The van der Waals surface area contributed by atoms with Crippen LogP contribution in [0.25, 0.3) is 0 Å². The topological polar surface area (TPSA) is 81.1 Å². The molecule has 1 rings (SSSR count). The lowest BCUT2D eigenvalue weighted by molar-refractivity contribution is -0.137. The Morgan fingerprint density at radius 1 is 1.92 bits per heavy atom. The fourth-order valence-corrected chi connectivity index (χ4v) is 1.56. The largest absolute Gasteiger partial charge is 0.481 e. The molecule has 0 saturated heterocycles. The van der Waals surface area contributed by atoms with E-state index in [-0.39, 0.29) is 6.42 Å². The van der Waals surface area contributed by atoms with E-state index in [2.05, 4.69) is 21.0 Å². The highest BCUT2D eigenvalue weighted by Crippen LogP contribution is 2.17. The van der Waals surface area contributed by atoms with E-state index in [1.807, 2.05) is 0 Å². The van der Waals surface area contributed by atoms with Crippen LogP contribution in [0, 0.1) is 0 Å². The second kappa shape index (κ2) is 3.89. The van der Waals surface area contributed by atoms with Crippen LogP contribution in [-0.2, 0) is 11.8 Å². The molecule has 1 aromatic rings. The molecule has 1 atom stereocenters. The van der Waals surface area contributed by atoms with Crippen LogP contribution in [0.1, 0.15) is 18.2 Å². The number of aryl methyl sites for hydroxylation is 1. The third-order valence-corrected chi connectivity index (χ3v) is 2.05. The predicted octanol–water partition coefficient (Wildman–Crippen LogP) is 0.657. The van der Waals surface area contributed by atoms with Gasteiger partial charge in [-0.1, -0.05) is 0 Å². The van der Waals surface area contributed by atoms with Gasteiger partial charge in [-0.3, -0.25) is 9.48 Å². The summed E-state index contributed by atoms with van der Waals surface area (Å²) < 4.78 is 2.23. The molecule has 1 aromatic heterocycles. The Labute approximate surface area is 83.7 Å². The zero-order chi connectivity index (χ0) is 10.0. The number of nitrogens with two attached hydrogens (primary N) is 1. The van der Waals surface area contributed by atoms with Gasteiger partial charge in [0.15, 0.2) is 0 Å². The third kappa shape index (κ3) is 2.53. The molecule has 6 heteroatoms. The minimum Gasteiger partial charge on any atom is -0.481 e. The lowest BCUT2D eigenvalue weighted by Crippen LogP contribution is -2.18. The van der Waals surface area contributed by atoms with Crippen molar-refractivity contribution in [2.75, 3.05) is 0 Å². The van der Waals surface area contributed by atoms with E-state index < -0.39 is 12.0 Å². The van der Waals surface area contributed by atoms with Gasteiger partial charge < -0.3 is 10.8 Å². The minimum absolute atomic E-state index is 0.0913. The van der Waals surface area contributed by atoms with E-state index in [1.165, 1.54) is 0 Å². The fourth-order valence-electron chi connectivity index (χ4n) is 1.09. The second-order valence-electron chi connectivity index (χ2n) is 2.72. The Balaban J connectivity index is 2.81. The van der Waals surface area contributed by atoms with Crippen molar-refractivity contribution in [2.45, 2.75) is 12.5 Å². The van der Waals surface area contributed by atoms with Crippen molar-refractivity contribution in [3.63, 3.8) is 0 Å². The molecule has 1 unspecified atom stereocenters. The van der Waals surface area contributed by atoms with Crippen molar-refractivity contribution in [1.29, 1.82) is 0 Å². The molecule has 0 spiro atoms. The second-order valence-corrected chi connectivity index (χ2v) is 3.53. The van der Waals surface area contributed by atoms with E-state index in [1.54, 1.807) is 17.8 Å². The summed E-state index contributed by atoms with van der Waals surface area (Å²) >= 11 is 3.18. The number of aromatic nitrogens is 2. The molecule has 0 radical (unpaired) electrons. The van der Waals surface area contributed by atoms with E-state index >= 15 is 0 Å². The van der Waals surface area contributed by atoms with Crippen LogP contribution in [0.2, 0.25) is 0 Å². The van der Waals surface area contributed by atoms with Crippen molar-refractivity contribution in [1.82, 2.24) is 9.78 Å². The maximum atomic E-state index is 10.4. The maximum Gasteiger partial charge on any atom is 0.305 e. The zero-order valence-corrected chi connectivity index (χ0v) is 8.65. The Morgan fingerprint density at radius 3 is 2.92 bits per heavy atom.